The van der Waals surface area contributed by atoms with Gasteiger partial charge in [0.15, 0.2) is 0 Å². The van der Waals surface area contributed by atoms with Crippen LogP contribution >= 0.6 is 34.8 Å². The quantitative estimate of drug-likeness (QED) is 0.341. The molecule has 1 aromatic rings. The highest BCUT2D eigenvalue weighted by molar-refractivity contribution is 7.84. The van der Waals surface area contributed by atoms with Crippen molar-refractivity contribution in [3.05, 3.63) is 39.9 Å². The molecule has 1 fully saturated rings. The van der Waals surface area contributed by atoms with Crippen LogP contribution in [0.15, 0.2) is 24.3 Å². The Labute approximate surface area is 135 Å². The highest BCUT2D eigenvalue weighted by Crippen LogP contribution is 2.40. The average molecular weight is 376 g/mol. The second-order valence-corrected chi connectivity index (χ2v) is 8.35. The van der Waals surface area contributed by atoms with E-state index in [9.17, 15) is 18.5 Å². The molecule has 0 saturated carbocycles. The van der Waals surface area contributed by atoms with Crippen LogP contribution in [0.3, 0.4) is 0 Å². The van der Waals surface area contributed by atoms with Gasteiger partial charge in [-0.25, -0.2) is 0 Å². The van der Waals surface area contributed by atoms with Gasteiger partial charge in [0.05, 0.1) is 11.0 Å². The Morgan fingerprint density at radius 1 is 1.43 bits per heavy atom. The van der Waals surface area contributed by atoms with E-state index in [0.717, 1.165) is 4.31 Å². The molecule has 0 N–H and O–H groups in total. The van der Waals surface area contributed by atoms with Crippen molar-refractivity contribution < 1.29 is 17.5 Å². The predicted octanol–water partition coefficient (Wildman–Crippen LogP) is 2.58. The van der Waals surface area contributed by atoms with Gasteiger partial charge in [-0.15, -0.1) is 0 Å². The van der Waals surface area contributed by atoms with Crippen LogP contribution in [0, 0.1) is 10.1 Å². The van der Waals surface area contributed by atoms with Crippen molar-refractivity contribution in [2.24, 2.45) is 0 Å². The lowest BCUT2D eigenvalue weighted by Crippen LogP contribution is -2.22. The number of rotatable bonds is 5. The van der Waals surface area contributed by atoms with Crippen molar-refractivity contribution in [3.8, 4) is 0 Å². The standard InChI is InChI=1S/C10H9Cl3N2O5S/c11-10(12,13)6-20-21(18,19)14-5-9(14)7-2-1-3-8(4-7)15(16)17/h1-4,9H,5-6H2/t9-,14?/m0/s1. The number of halogens is 3. The fourth-order valence-electron chi connectivity index (χ4n) is 1.70. The van der Waals surface area contributed by atoms with Crippen molar-refractivity contribution in [2.45, 2.75) is 9.83 Å². The number of nitro benzene ring substituents is 1. The zero-order valence-electron chi connectivity index (χ0n) is 10.3. The smallest absolute Gasteiger partial charge is 0.258 e. The maximum atomic E-state index is 11.8. The van der Waals surface area contributed by atoms with Gasteiger partial charge < -0.3 is 0 Å². The van der Waals surface area contributed by atoms with Gasteiger partial charge in [-0.2, -0.15) is 12.7 Å². The minimum absolute atomic E-state index is 0.112. The summed E-state index contributed by atoms with van der Waals surface area (Å²) in [5, 5.41) is 10.7. The van der Waals surface area contributed by atoms with Crippen LogP contribution in [-0.4, -0.2) is 34.6 Å². The van der Waals surface area contributed by atoms with E-state index in [0.29, 0.717) is 5.56 Å². The Hall–Kier alpha value is -0.640. The lowest BCUT2D eigenvalue weighted by atomic mass is 10.1. The topological polar surface area (TPSA) is 89.5 Å². The van der Waals surface area contributed by atoms with Crippen molar-refractivity contribution >= 4 is 50.8 Å². The molecule has 11 heteroatoms. The Morgan fingerprint density at radius 3 is 2.67 bits per heavy atom. The SMILES string of the molecule is O=[N+]([O-])c1cccc([C@@H]2CN2S(=O)(=O)OCC(Cl)(Cl)Cl)c1. The zero-order chi connectivity index (χ0) is 15.8. The summed E-state index contributed by atoms with van der Waals surface area (Å²) in [6, 6.07) is 5.21. The van der Waals surface area contributed by atoms with Crippen LogP contribution in [0.25, 0.3) is 0 Å². The number of nitro groups is 1. The van der Waals surface area contributed by atoms with Gasteiger partial charge in [-0.3, -0.25) is 14.3 Å². The van der Waals surface area contributed by atoms with Gasteiger partial charge in [0.25, 0.3) is 5.69 Å². The summed E-state index contributed by atoms with van der Waals surface area (Å²) < 4.78 is 27.5. The number of hydrogen-bond acceptors (Lipinski definition) is 5. The first-order valence-electron chi connectivity index (χ1n) is 5.57. The second kappa shape index (κ2) is 5.86. The second-order valence-electron chi connectivity index (χ2n) is 4.27. The molecule has 1 aromatic carbocycles. The summed E-state index contributed by atoms with van der Waals surface area (Å²) in [6.45, 7) is -0.457. The fraction of sp³-hybridized carbons (Fsp3) is 0.400. The summed E-state index contributed by atoms with van der Waals surface area (Å²) in [5.74, 6) is 0. The van der Waals surface area contributed by atoms with Crippen molar-refractivity contribution in [3.63, 3.8) is 0 Å². The summed E-state index contributed by atoms with van der Waals surface area (Å²) in [5.41, 5.74) is 0.393. The Balaban J connectivity index is 2.07. The molecule has 0 radical (unpaired) electrons. The van der Waals surface area contributed by atoms with E-state index in [1.807, 2.05) is 0 Å². The Bertz CT molecular complexity index is 661. The Morgan fingerprint density at radius 2 is 2.10 bits per heavy atom. The zero-order valence-corrected chi connectivity index (χ0v) is 13.4. The van der Waals surface area contributed by atoms with Gasteiger partial charge in [-0.1, -0.05) is 46.9 Å². The van der Waals surface area contributed by atoms with Crippen LogP contribution < -0.4 is 0 Å². The molecule has 2 rings (SSSR count). The molecule has 0 spiro atoms. The molecule has 1 unspecified atom stereocenters. The third kappa shape index (κ3) is 4.41. The maximum absolute atomic E-state index is 11.8. The first-order valence-corrected chi connectivity index (χ1v) is 8.07. The summed E-state index contributed by atoms with van der Waals surface area (Å²) in [4.78, 5) is 10.1. The van der Waals surface area contributed by atoms with Crippen LogP contribution in [0.4, 0.5) is 5.69 Å². The lowest BCUT2D eigenvalue weighted by molar-refractivity contribution is -0.384. The van der Waals surface area contributed by atoms with Gasteiger partial charge in [0, 0.05) is 18.7 Å². The summed E-state index contributed by atoms with van der Waals surface area (Å²) in [7, 11) is -4.04. The van der Waals surface area contributed by atoms with E-state index < -0.39 is 31.7 Å². The molecule has 0 amide bonds. The normalized spacial score (nSPS) is 22.0. The molecule has 1 saturated heterocycles. The molecule has 1 aliphatic rings. The average Bonchev–Trinajstić information content (AvgIpc) is 3.17. The number of benzene rings is 1. The number of hydrogen-bond donors (Lipinski definition) is 0. The maximum Gasteiger partial charge on any atom is 0.339 e. The molecule has 116 valence electrons. The van der Waals surface area contributed by atoms with Gasteiger partial charge in [-0.05, 0) is 5.56 Å². The molecule has 1 heterocycles. The van der Waals surface area contributed by atoms with Crippen molar-refractivity contribution in [1.82, 2.24) is 4.31 Å². The number of nitrogens with zero attached hydrogens (tertiary/aromatic N) is 2. The summed E-state index contributed by atoms with van der Waals surface area (Å²) in [6.07, 6.45) is 0. The van der Waals surface area contributed by atoms with E-state index in [1.54, 1.807) is 6.07 Å². The van der Waals surface area contributed by atoms with Gasteiger partial charge in [0.1, 0.15) is 6.61 Å². The highest BCUT2D eigenvalue weighted by Gasteiger charge is 2.46. The van der Waals surface area contributed by atoms with E-state index in [4.69, 9.17) is 34.8 Å². The molecule has 2 atom stereocenters. The van der Waals surface area contributed by atoms with Crippen molar-refractivity contribution in [2.75, 3.05) is 13.2 Å². The molecule has 1 aliphatic heterocycles. The molecular formula is C10H9Cl3N2O5S. The molecule has 0 bridgehead atoms. The molecular weight excluding hydrogens is 367 g/mol. The first kappa shape index (κ1) is 16.7. The predicted molar refractivity (Wildman–Crippen MR) is 77.7 cm³/mol. The van der Waals surface area contributed by atoms with E-state index in [2.05, 4.69) is 4.18 Å². The summed E-state index contributed by atoms with van der Waals surface area (Å²) >= 11 is 16.3. The van der Waals surface area contributed by atoms with Gasteiger partial charge >= 0.3 is 10.3 Å². The van der Waals surface area contributed by atoms with E-state index >= 15 is 0 Å². The van der Waals surface area contributed by atoms with E-state index in [-0.39, 0.29) is 12.2 Å². The van der Waals surface area contributed by atoms with E-state index in [1.165, 1.54) is 18.2 Å². The van der Waals surface area contributed by atoms with Crippen molar-refractivity contribution in [1.29, 1.82) is 0 Å². The minimum atomic E-state index is -4.04. The van der Waals surface area contributed by atoms with Crippen LogP contribution in [0.5, 0.6) is 0 Å². The molecule has 7 nitrogen and oxygen atoms in total. The molecule has 0 aromatic heterocycles. The monoisotopic (exact) mass is 374 g/mol. The molecule has 21 heavy (non-hydrogen) atoms. The minimum Gasteiger partial charge on any atom is -0.258 e. The number of alkyl halides is 3. The van der Waals surface area contributed by atoms with Gasteiger partial charge in [0.2, 0.25) is 3.79 Å². The first-order chi connectivity index (χ1) is 9.60. The number of non-ortho nitro benzene ring substituents is 1. The van der Waals surface area contributed by atoms with Crippen LogP contribution in [0.2, 0.25) is 0 Å². The molecule has 0 aliphatic carbocycles. The van der Waals surface area contributed by atoms with Crippen LogP contribution in [0.1, 0.15) is 11.6 Å². The largest absolute Gasteiger partial charge is 0.339 e. The Kier molecular flexibility index (Phi) is 4.67. The lowest BCUT2D eigenvalue weighted by Gasteiger charge is -2.12. The fourth-order valence-corrected chi connectivity index (χ4v) is 3.27. The highest BCUT2D eigenvalue weighted by atomic mass is 35.6. The van der Waals surface area contributed by atoms with Crippen LogP contribution in [-0.2, 0) is 14.5 Å². The third-order valence-electron chi connectivity index (χ3n) is 2.69. The third-order valence-corrected chi connectivity index (χ3v) is 4.41.